The zero-order valence-electron chi connectivity index (χ0n) is 11.7. The third-order valence-corrected chi connectivity index (χ3v) is 2.91. The van der Waals surface area contributed by atoms with E-state index in [0.717, 1.165) is 19.6 Å². The van der Waals surface area contributed by atoms with Gasteiger partial charge in [0, 0.05) is 13.7 Å². The molecular formula is C15H25NO2. The highest BCUT2D eigenvalue weighted by Crippen LogP contribution is 2.20. The average molecular weight is 251 g/mol. The molecule has 102 valence electrons. The van der Waals surface area contributed by atoms with E-state index in [2.05, 4.69) is 24.4 Å². The molecule has 3 heteroatoms. The fraction of sp³-hybridized carbons (Fsp3) is 0.600. The molecule has 0 saturated heterocycles. The number of benzene rings is 1. The molecule has 2 unspecified atom stereocenters. The van der Waals surface area contributed by atoms with Crippen molar-refractivity contribution in [2.24, 2.45) is 0 Å². The standard InChI is InChI=1S/C15H25NO2/c1-4-11-16-14(12-18-5-2)15(17-3)13-9-7-6-8-10-13/h6-10,14-16H,4-5,11-12H2,1-3H3. The Hall–Kier alpha value is -0.900. The van der Waals surface area contributed by atoms with Crippen molar-refractivity contribution in [1.82, 2.24) is 5.32 Å². The topological polar surface area (TPSA) is 30.5 Å². The van der Waals surface area contributed by atoms with Gasteiger partial charge in [0.05, 0.1) is 18.8 Å². The van der Waals surface area contributed by atoms with Gasteiger partial charge in [-0.2, -0.15) is 0 Å². The van der Waals surface area contributed by atoms with Crippen molar-refractivity contribution in [1.29, 1.82) is 0 Å². The Bertz CT molecular complexity index is 295. The van der Waals surface area contributed by atoms with Crippen LogP contribution in [0.5, 0.6) is 0 Å². The summed E-state index contributed by atoms with van der Waals surface area (Å²) in [6, 6.07) is 10.5. The molecule has 0 heterocycles. The quantitative estimate of drug-likeness (QED) is 0.732. The predicted octanol–water partition coefficient (Wildman–Crippen LogP) is 2.78. The summed E-state index contributed by atoms with van der Waals surface area (Å²) in [5.74, 6) is 0. The number of ether oxygens (including phenoxy) is 2. The van der Waals surface area contributed by atoms with Crippen LogP contribution in [0, 0.1) is 0 Å². The molecule has 1 aromatic carbocycles. The largest absolute Gasteiger partial charge is 0.380 e. The summed E-state index contributed by atoms with van der Waals surface area (Å²) in [4.78, 5) is 0. The number of hydrogen-bond donors (Lipinski definition) is 1. The molecule has 0 fully saturated rings. The van der Waals surface area contributed by atoms with Crippen LogP contribution in [-0.2, 0) is 9.47 Å². The highest BCUT2D eigenvalue weighted by molar-refractivity contribution is 5.19. The van der Waals surface area contributed by atoms with Gasteiger partial charge in [-0.15, -0.1) is 0 Å². The van der Waals surface area contributed by atoms with Crippen molar-refractivity contribution in [3.8, 4) is 0 Å². The number of nitrogens with one attached hydrogen (secondary N) is 1. The van der Waals surface area contributed by atoms with Crippen LogP contribution in [0.15, 0.2) is 30.3 Å². The third kappa shape index (κ3) is 4.77. The molecule has 0 bridgehead atoms. The summed E-state index contributed by atoms with van der Waals surface area (Å²) in [7, 11) is 1.75. The Morgan fingerprint density at radius 2 is 1.89 bits per heavy atom. The van der Waals surface area contributed by atoms with Gasteiger partial charge in [0.2, 0.25) is 0 Å². The fourth-order valence-corrected chi connectivity index (χ4v) is 2.00. The van der Waals surface area contributed by atoms with E-state index in [1.165, 1.54) is 5.56 Å². The lowest BCUT2D eigenvalue weighted by Gasteiger charge is -2.27. The molecule has 0 aliphatic carbocycles. The van der Waals surface area contributed by atoms with Gasteiger partial charge in [-0.05, 0) is 25.5 Å². The number of rotatable bonds is 9. The Labute approximate surface area is 110 Å². The molecule has 1 aromatic rings. The maximum Gasteiger partial charge on any atom is 0.0996 e. The lowest BCUT2D eigenvalue weighted by molar-refractivity contribution is 0.0231. The Morgan fingerprint density at radius 1 is 1.17 bits per heavy atom. The van der Waals surface area contributed by atoms with Crippen LogP contribution >= 0.6 is 0 Å². The molecule has 0 amide bonds. The molecule has 0 spiro atoms. The first-order valence-electron chi connectivity index (χ1n) is 6.72. The lowest BCUT2D eigenvalue weighted by Crippen LogP contribution is -2.40. The van der Waals surface area contributed by atoms with Crippen LogP contribution in [0.2, 0.25) is 0 Å². The first-order valence-corrected chi connectivity index (χ1v) is 6.72. The van der Waals surface area contributed by atoms with Gasteiger partial charge in [0.1, 0.15) is 0 Å². The van der Waals surface area contributed by atoms with E-state index < -0.39 is 0 Å². The maximum absolute atomic E-state index is 5.65. The van der Waals surface area contributed by atoms with E-state index in [0.29, 0.717) is 6.61 Å². The molecular weight excluding hydrogens is 226 g/mol. The molecule has 0 aromatic heterocycles. The van der Waals surface area contributed by atoms with Gasteiger partial charge >= 0.3 is 0 Å². The van der Waals surface area contributed by atoms with Gasteiger partial charge in [-0.25, -0.2) is 0 Å². The fourth-order valence-electron chi connectivity index (χ4n) is 2.00. The Kier molecular flexibility index (Phi) is 7.65. The van der Waals surface area contributed by atoms with E-state index in [1.54, 1.807) is 7.11 Å². The number of methoxy groups -OCH3 is 1. The van der Waals surface area contributed by atoms with E-state index >= 15 is 0 Å². The summed E-state index contributed by atoms with van der Waals surface area (Å²) in [6.07, 6.45) is 1.14. The smallest absolute Gasteiger partial charge is 0.0996 e. The molecule has 18 heavy (non-hydrogen) atoms. The molecule has 2 atom stereocenters. The van der Waals surface area contributed by atoms with E-state index in [-0.39, 0.29) is 12.1 Å². The highest BCUT2D eigenvalue weighted by Gasteiger charge is 2.22. The molecule has 3 nitrogen and oxygen atoms in total. The SMILES string of the molecule is CCCNC(COCC)C(OC)c1ccccc1. The van der Waals surface area contributed by atoms with Crippen molar-refractivity contribution in [2.75, 3.05) is 26.9 Å². The summed E-state index contributed by atoms with van der Waals surface area (Å²) >= 11 is 0. The normalized spacial score (nSPS) is 14.4. The number of hydrogen-bond acceptors (Lipinski definition) is 3. The average Bonchev–Trinajstić information content (AvgIpc) is 2.43. The predicted molar refractivity (Wildman–Crippen MR) is 74.8 cm³/mol. The summed E-state index contributed by atoms with van der Waals surface area (Å²) in [5, 5.41) is 3.50. The lowest BCUT2D eigenvalue weighted by atomic mass is 10.0. The minimum Gasteiger partial charge on any atom is -0.380 e. The zero-order valence-corrected chi connectivity index (χ0v) is 11.7. The van der Waals surface area contributed by atoms with Crippen LogP contribution in [0.3, 0.4) is 0 Å². The second kappa shape index (κ2) is 9.09. The van der Waals surface area contributed by atoms with E-state index in [4.69, 9.17) is 9.47 Å². The second-order valence-electron chi connectivity index (χ2n) is 4.29. The second-order valence-corrected chi connectivity index (χ2v) is 4.29. The molecule has 0 aliphatic rings. The van der Waals surface area contributed by atoms with Crippen molar-refractivity contribution < 1.29 is 9.47 Å². The summed E-state index contributed by atoms with van der Waals surface area (Å²) in [5.41, 5.74) is 1.19. The van der Waals surface area contributed by atoms with Crippen molar-refractivity contribution in [3.63, 3.8) is 0 Å². The van der Waals surface area contributed by atoms with Crippen molar-refractivity contribution >= 4 is 0 Å². The van der Waals surface area contributed by atoms with Gasteiger partial charge in [-0.1, -0.05) is 37.3 Å². The van der Waals surface area contributed by atoms with Gasteiger partial charge in [0.25, 0.3) is 0 Å². The van der Waals surface area contributed by atoms with Crippen molar-refractivity contribution in [3.05, 3.63) is 35.9 Å². The van der Waals surface area contributed by atoms with E-state index in [9.17, 15) is 0 Å². The van der Waals surface area contributed by atoms with Crippen LogP contribution in [0.4, 0.5) is 0 Å². The highest BCUT2D eigenvalue weighted by atomic mass is 16.5. The summed E-state index contributed by atoms with van der Waals surface area (Å²) < 4.78 is 11.2. The molecule has 1 rings (SSSR count). The monoisotopic (exact) mass is 251 g/mol. The van der Waals surface area contributed by atoms with Crippen LogP contribution in [-0.4, -0.2) is 32.9 Å². The van der Waals surface area contributed by atoms with Gasteiger partial charge in [-0.3, -0.25) is 0 Å². The molecule has 0 aliphatic heterocycles. The minimum atomic E-state index is 0.0318. The summed E-state index contributed by atoms with van der Waals surface area (Å²) in [6.45, 7) is 6.56. The minimum absolute atomic E-state index is 0.0318. The van der Waals surface area contributed by atoms with Crippen LogP contribution in [0.25, 0.3) is 0 Å². The van der Waals surface area contributed by atoms with Gasteiger partial charge < -0.3 is 14.8 Å². The zero-order chi connectivity index (χ0) is 13.2. The van der Waals surface area contributed by atoms with Gasteiger partial charge in [0.15, 0.2) is 0 Å². The maximum atomic E-state index is 5.65. The van der Waals surface area contributed by atoms with Crippen molar-refractivity contribution in [2.45, 2.75) is 32.4 Å². The Morgan fingerprint density at radius 3 is 2.44 bits per heavy atom. The van der Waals surface area contributed by atoms with Crippen LogP contribution < -0.4 is 5.32 Å². The molecule has 0 saturated carbocycles. The first-order chi connectivity index (χ1) is 8.83. The molecule has 1 N–H and O–H groups in total. The Balaban J connectivity index is 2.72. The van der Waals surface area contributed by atoms with Crippen LogP contribution in [0.1, 0.15) is 31.9 Å². The first kappa shape index (κ1) is 15.2. The molecule has 0 radical (unpaired) electrons. The third-order valence-electron chi connectivity index (χ3n) is 2.91. The van der Waals surface area contributed by atoms with E-state index in [1.807, 2.05) is 25.1 Å².